The molecule has 2 aromatic carbocycles. The van der Waals surface area contributed by atoms with Crippen LogP contribution in [-0.2, 0) is 6.18 Å². The predicted molar refractivity (Wildman–Crippen MR) is 124 cm³/mol. The molecule has 0 aromatic heterocycles. The summed E-state index contributed by atoms with van der Waals surface area (Å²) in [5, 5.41) is 9.95. The van der Waals surface area contributed by atoms with Crippen LogP contribution in [-0.4, -0.2) is 5.11 Å². The number of hydrogen-bond acceptors (Lipinski definition) is 1. The highest BCUT2D eigenvalue weighted by Gasteiger charge is 2.36. The van der Waals surface area contributed by atoms with E-state index >= 15 is 4.39 Å². The molecule has 1 nitrogen and oxygen atoms in total. The average Bonchev–Trinajstić information content (AvgIpc) is 2.83. The Hall–Kier alpha value is -2.44. The van der Waals surface area contributed by atoms with Crippen LogP contribution in [0, 0.1) is 35.2 Å². The van der Waals surface area contributed by atoms with Gasteiger partial charge in [0.25, 0.3) is 0 Å². The SMILES string of the molecule is CCCC1CCC(C2CC=C(c3ccc(-c4ccc(C(F)(F)F)c(F)c4O)c(F)c3F)CC2)CC1. The molecule has 0 amide bonds. The third-order valence-electron chi connectivity index (χ3n) is 7.85. The molecule has 0 saturated heterocycles. The second-order valence-electron chi connectivity index (χ2n) is 9.94. The first-order valence-corrected chi connectivity index (χ1v) is 12.4. The molecule has 35 heavy (non-hydrogen) atoms. The van der Waals surface area contributed by atoms with Crippen molar-refractivity contribution in [2.24, 2.45) is 17.8 Å². The van der Waals surface area contributed by atoms with Crippen LogP contribution in [0.5, 0.6) is 5.75 Å². The highest BCUT2D eigenvalue weighted by Crippen LogP contribution is 2.44. The van der Waals surface area contributed by atoms with E-state index in [2.05, 4.69) is 6.92 Å². The monoisotopic (exact) mass is 496 g/mol. The van der Waals surface area contributed by atoms with E-state index in [-0.39, 0.29) is 5.56 Å². The van der Waals surface area contributed by atoms with Crippen molar-refractivity contribution in [1.82, 2.24) is 0 Å². The van der Waals surface area contributed by atoms with Gasteiger partial charge in [0.1, 0.15) is 0 Å². The smallest absolute Gasteiger partial charge is 0.419 e. The fourth-order valence-electron chi connectivity index (χ4n) is 5.89. The number of halogens is 6. The summed E-state index contributed by atoms with van der Waals surface area (Å²) in [4.78, 5) is 0. The summed E-state index contributed by atoms with van der Waals surface area (Å²) in [6.07, 6.45) is 6.79. The normalized spacial score (nSPS) is 23.3. The predicted octanol–water partition coefficient (Wildman–Crippen LogP) is 9.29. The second kappa shape index (κ2) is 10.3. The lowest BCUT2D eigenvalue weighted by atomic mass is 9.70. The molecule has 1 unspecified atom stereocenters. The van der Waals surface area contributed by atoms with Crippen molar-refractivity contribution in [1.29, 1.82) is 0 Å². The molecular weight excluding hydrogens is 466 g/mol. The molecule has 7 heteroatoms. The van der Waals surface area contributed by atoms with Gasteiger partial charge in [-0.2, -0.15) is 13.2 Å². The van der Waals surface area contributed by atoms with Crippen LogP contribution in [0.4, 0.5) is 26.3 Å². The molecule has 0 heterocycles. The Bertz CT molecular complexity index is 1100. The van der Waals surface area contributed by atoms with E-state index < -0.39 is 46.1 Å². The molecule has 0 bridgehead atoms. The van der Waals surface area contributed by atoms with Crippen molar-refractivity contribution >= 4 is 5.57 Å². The molecule has 1 fully saturated rings. The molecule has 4 rings (SSSR count). The van der Waals surface area contributed by atoms with Crippen LogP contribution in [0.15, 0.2) is 30.3 Å². The van der Waals surface area contributed by atoms with Gasteiger partial charge in [0.2, 0.25) is 0 Å². The Morgan fingerprint density at radius 3 is 2.03 bits per heavy atom. The lowest BCUT2D eigenvalue weighted by molar-refractivity contribution is -0.140. The molecule has 0 spiro atoms. The van der Waals surface area contributed by atoms with E-state index in [4.69, 9.17) is 0 Å². The molecule has 1 N–H and O–H groups in total. The van der Waals surface area contributed by atoms with E-state index in [9.17, 15) is 27.1 Å². The van der Waals surface area contributed by atoms with E-state index in [0.29, 0.717) is 29.9 Å². The summed E-state index contributed by atoms with van der Waals surface area (Å²) in [7, 11) is 0. The Labute approximate surface area is 201 Å². The molecular formula is C28H30F6O. The summed E-state index contributed by atoms with van der Waals surface area (Å²) >= 11 is 0. The van der Waals surface area contributed by atoms with Gasteiger partial charge >= 0.3 is 6.18 Å². The fourth-order valence-corrected chi connectivity index (χ4v) is 5.89. The maximum absolute atomic E-state index is 15.0. The van der Waals surface area contributed by atoms with Crippen molar-refractivity contribution in [3.8, 4) is 16.9 Å². The quantitative estimate of drug-likeness (QED) is 0.409. The zero-order valence-corrected chi connectivity index (χ0v) is 19.7. The zero-order chi connectivity index (χ0) is 25.3. The lowest BCUT2D eigenvalue weighted by Crippen LogP contribution is -2.23. The van der Waals surface area contributed by atoms with Gasteiger partial charge in [-0.3, -0.25) is 0 Å². The van der Waals surface area contributed by atoms with Crippen LogP contribution in [0.25, 0.3) is 16.7 Å². The Kier molecular flexibility index (Phi) is 7.53. The highest BCUT2D eigenvalue weighted by atomic mass is 19.4. The van der Waals surface area contributed by atoms with Gasteiger partial charge in [-0.25, -0.2) is 13.2 Å². The number of phenols is 1. The molecule has 1 atom stereocenters. The number of benzene rings is 2. The Morgan fingerprint density at radius 2 is 1.43 bits per heavy atom. The lowest BCUT2D eigenvalue weighted by Gasteiger charge is -2.35. The van der Waals surface area contributed by atoms with Gasteiger partial charge in [0.15, 0.2) is 23.2 Å². The fraction of sp³-hybridized carbons (Fsp3) is 0.500. The summed E-state index contributed by atoms with van der Waals surface area (Å²) in [5.41, 5.74) is -1.89. The summed E-state index contributed by atoms with van der Waals surface area (Å²) in [6, 6.07) is 3.69. The number of allylic oxidation sites excluding steroid dienone is 2. The number of aromatic hydroxyl groups is 1. The molecule has 2 aromatic rings. The van der Waals surface area contributed by atoms with Crippen LogP contribution in [0.1, 0.15) is 75.8 Å². The maximum atomic E-state index is 15.0. The Balaban J connectivity index is 1.52. The highest BCUT2D eigenvalue weighted by molar-refractivity contribution is 5.75. The topological polar surface area (TPSA) is 20.2 Å². The van der Waals surface area contributed by atoms with Gasteiger partial charge in [0.05, 0.1) is 5.56 Å². The number of phenolic OH excluding ortho intramolecular Hbond substituents is 1. The molecule has 190 valence electrons. The number of hydrogen-bond donors (Lipinski definition) is 1. The summed E-state index contributed by atoms with van der Waals surface area (Å²) < 4.78 is 82.7. The molecule has 0 radical (unpaired) electrons. The molecule has 1 saturated carbocycles. The van der Waals surface area contributed by atoms with Crippen LogP contribution < -0.4 is 0 Å². The largest absolute Gasteiger partial charge is 0.504 e. The number of alkyl halides is 3. The molecule has 2 aliphatic carbocycles. The van der Waals surface area contributed by atoms with Gasteiger partial charge < -0.3 is 5.11 Å². The van der Waals surface area contributed by atoms with Crippen molar-refractivity contribution in [3.05, 3.63) is 58.9 Å². The third-order valence-corrected chi connectivity index (χ3v) is 7.85. The molecule has 0 aliphatic heterocycles. The summed E-state index contributed by atoms with van der Waals surface area (Å²) in [5.74, 6) is -3.70. The van der Waals surface area contributed by atoms with E-state index in [1.54, 1.807) is 0 Å². The van der Waals surface area contributed by atoms with Gasteiger partial charge in [0, 0.05) is 16.7 Å². The van der Waals surface area contributed by atoms with Crippen LogP contribution in [0.2, 0.25) is 0 Å². The van der Waals surface area contributed by atoms with Crippen molar-refractivity contribution < 1.29 is 31.4 Å². The summed E-state index contributed by atoms with van der Waals surface area (Å²) in [6.45, 7) is 2.22. The van der Waals surface area contributed by atoms with E-state index in [1.165, 1.54) is 50.7 Å². The van der Waals surface area contributed by atoms with Crippen molar-refractivity contribution in [3.63, 3.8) is 0 Å². The first kappa shape index (κ1) is 25.6. The maximum Gasteiger partial charge on any atom is 0.419 e. The first-order valence-electron chi connectivity index (χ1n) is 12.4. The van der Waals surface area contributed by atoms with E-state index in [1.807, 2.05) is 6.08 Å². The average molecular weight is 497 g/mol. The minimum Gasteiger partial charge on any atom is -0.504 e. The van der Waals surface area contributed by atoms with Gasteiger partial charge in [-0.05, 0) is 67.6 Å². The number of rotatable bonds is 5. The van der Waals surface area contributed by atoms with Crippen LogP contribution in [0.3, 0.4) is 0 Å². The van der Waals surface area contributed by atoms with Crippen molar-refractivity contribution in [2.45, 2.75) is 70.9 Å². The molecule has 2 aliphatic rings. The minimum absolute atomic E-state index is 0.100. The standard InChI is InChI=1S/C28H30F6O/c1-2-3-16-4-6-17(7-5-16)18-8-10-19(11-9-18)20-12-13-21(25(30)24(20)29)22-14-15-23(28(32,33)34)26(31)27(22)35/h10,12-18,35H,2-9,11H2,1H3. The van der Waals surface area contributed by atoms with E-state index in [0.717, 1.165) is 24.8 Å². The second-order valence-corrected chi connectivity index (χ2v) is 9.94. The van der Waals surface area contributed by atoms with Crippen LogP contribution >= 0.6 is 0 Å². The Morgan fingerprint density at radius 1 is 0.800 bits per heavy atom. The first-order chi connectivity index (χ1) is 16.6. The minimum atomic E-state index is -5.02. The third kappa shape index (κ3) is 5.24. The van der Waals surface area contributed by atoms with Crippen molar-refractivity contribution in [2.75, 3.05) is 0 Å². The van der Waals surface area contributed by atoms with Gasteiger partial charge in [-0.1, -0.05) is 50.8 Å². The van der Waals surface area contributed by atoms with Gasteiger partial charge in [-0.15, -0.1) is 0 Å². The zero-order valence-electron chi connectivity index (χ0n) is 19.7.